The van der Waals surface area contributed by atoms with Crippen molar-refractivity contribution in [2.75, 3.05) is 0 Å². The maximum Gasteiger partial charge on any atom is 0.262 e. The van der Waals surface area contributed by atoms with Gasteiger partial charge in [-0.15, -0.1) is 0 Å². The van der Waals surface area contributed by atoms with Gasteiger partial charge in [0.15, 0.2) is 0 Å². The molecule has 0 bridgehead atoms. The highest BCUT2D eigenvalue weighted by atomic mass is 19.1. The van der Waals surface area contributed by atoms with Crippen LogP contribution >= 0.6 is 0 Å². The number of furan rings is 1. The first-order valence-electron chi connectivity index (χ1n) is 7.50. The molecule has 0 radical (unpaired) electrons. The van der Waals surface area contributed by atoms with Crippen molar-refractivity contribution in [2.24, 2.45) is 0 Å². The van der Waals surface area contributed by atoms with Gasteiger partial charge in [0, 0.05) is 5.56 Å². The highest BCUT2D eigenvalue weighted by molar-refractivity contribution is 5.79. The summed E-state index contributed by atoms with van der Waals surface area (Å²) in [6.07, 6.45) is 1.56. The van der Waals surface area contributed by atoms with Crippen molar-refractivity contribution in [1.82, 2.24) is 9.55 Å². The van der Waals surface area contributed by atoms with E-state index in [1.165, 1.54) is 12.1 Å². The number of aromatic nitrogens is 2. The summed E-state index contributed by atoms with van der Waals surface area (Å²) in [5.74, 6) is 0.798. The molecular weight excluding hydrogens is 307 g/mol. The summed E-state index contributed by atoms with van der Waals surface area (Å²) in [7, 11) is 0. The van der Waals surface area contributed by atoms with Gasteiger partial charge in [-0.05, 0) is 48.5 Å². The Balaban J connectivity index is 1.98. The summed E-state index contributed by atoms with van der Waals surface area (Å²) in [6.45, 7) is 0.260. The van der Waals surface area contributed by atoms with E-state index in [2.05, 4.69) is 4.98 Å². The molecule has 118 valence electrons. The van der Waals surface area contributed by atoms with E-state index in [9.17, 15) is 9.18 Å². The molecule has 0 spiro atoms. The van der Waals surface area contributed by atoms with Gasteiger partial charge in [-0.1, -0.05) is 12.1 Å². The number of rotatable bonds is 3. The second kappa shape index (κ2) is 5.77. The Bertz CT molecular complexity index is 1050. The predicted octanol–water partition coefficient (Wildman–Crippen LogP) is 3.84. The van der Waals surface area contributed by atoms with Crippen molar-refractivity contribution < 1.29 is 8.81 Å². The topological polar surface area (TPSA) is 48.0 Å². The van der Waals surface area contributed by atoms with Crippen LogP contribution in [-0.4, -0.2) is 9.55 Å². The lowest BCUT2D eigenvalue weighted by atomic mass is 10.1. The van der Waals surface area contributed by atoms with Gasteiger partial charge in [0.25, 0.3) is 5.56 Å². The van der Waals surface area contributed by atoms with Crippen molar-refractivity contribution >= 4 is 10.9 Å². The zero-order valence-corrected chi connectivity index (χ0v) is 12.6. The lowest BCUT2D eigenvalue weighted by molar-refractivity contribution is 0.490. The average molecular weight is 320 g/mol. The van der Waals surface area contributed by atoms with Gasteiger partial charge in [-0.3, -0.25) is 9.36 Å². The molecule has 4 rings (SSSR count). The van der Waals surface area contributed by atoms with Crippen LogP contribution in [0.4, 0.5) is 4.39 Å². The number of hydrogen-bond acceptors (Lipinski definition) is 3. The Morgan fingerprint density at radius 3 is 2.54 bits per heavy atom. The predicted molar refractivity (Wildman–Crippen MR) is 89.2 cm³/mol. The van der Waals surface area contributed by atoms with E-state index in [1.54, 1.807) is 53.3 Å². The Kier molecular flexibility index (Phi) is 3.46. The summed E-state index contributed by atoms with van der Waals surface area (Å²) in [6, 6.07) is 16.7. The Morgan fingerprint density at radius 2 is 1.79 bits per heavy atom. The van der Waals surface area contributed by atoms with Crippen molar-refractivity contribution in [3.63, 3.8) is 0 Å². The van der Waals surface area contributed by atoms with Gasteiger partial charge in [0.05, 0.1) is 23.7 Å². The van der Waals surface area contributed by atoms with Crippen molar-refractivity contribution in [1.29, 1.82) is 0 Å². The molecule has 24 heavy (non-hydrogen) atoms. The molecule has 0 aliphatic carbocycles. The van der Waals surface area contributed by atoms with Crippen LogP contribution in [-0.2, 0) is 6.54 Å². The van der Waals surface area contributed by atoms with Crippen LogP contribution in [0, 0.1) is 5.82 Å². The van der Waals surface area contributed by atoms with Gasteiger partial charge in [0.1, 0.15) is 17.4 Å². The minimum absolute atomic E-state index is 0.156. The lowest BCUT2D eigenvalue weighted by Gasteiger charge is -2.12. The van der Waals surface area contributed by atoms with E-state index in [1.807, 2.05) is 6.07 Å². The van der Waals surface area contributed by atoms with Gasteiger partial charge in [-0.2, -0.15) is 0 Å². The van der Waals surface area contributed by atoms with E-state index >= 15 is 0 Å². The number of para-hydroxylation sites is 1. The maximum atomic E-state index is 13.2. The van der Waals surface area contributed by atoms with Crippen LogP contribution < -0.4 is 5.56 Å². The smallest absolute Gasteiger partial charge is 0.262 e. The molecule has 0 atom stereocenters. The minimum atomic E-state index is -0.334. The second-order valence-corrected chi connectivity index (χ2v) is 5.43. The zero-order chi connectivity index (χ0) is 16.5. The summed E-state index contributed by atoms with van der Waals surface area (Å²) in [5, 5.41) is 0.537. The molecule has 0 amide bonds. The van der Waals surface area contributed by atoms with E-state index in [4.69, 9.17) is 4.42 Å². The number of fused-ring (bicyclic) bond motifs is 1. The Hall–Kier alpha value is -3.21. The molecule has 2 aromatic carbocycles. The first-order valence-corrected chi connectivity index (χ1v) is 7.50. The van der Waals surface area contributed by atoms with E-state index in [-0.39, 0.29) is 17.9 Å². The summed E-state index contributed by atoms with van der Waals surface area (Å²) < 4.78 is 20.2. The largest absolute Gasteiger partial charge is 0.467 e. The molecule has 5 heteroatoms. The van der Waals surface area contributed by atoms with Crippen LogP contribution in [0.3, 0.4) is 0 Å². The molecule has 0 N–H and O–H groups in total. The SMILES string of the molecule is O=c1c2ccccc2nc(-c2ccc(F)cc2)n1Cc1ccco1. The summed E-state index contributed by atoms with van der Waals surface area (Å²) in [4.78, 5) is 17.5. The van der Waals surface area contributed by atoms with Crippen molar-refractivity contribution in [3.8, 4) is 11.4 Å². The quantitative estimate of drug-likeness (QED) is 0.576. The molecule has 2 heterocycles. The van der Waals surface area contributed by atoms with Crippen LogP contribution in [0.1, 0.15) is 5.76 Å². The fourth-order valence-corrected chi connectivity index (χ4v) is 2.69. The normalized spacial score (nSPS) is 11.0. The van der Waals surface area contributed by atoms with Crippen LogP contribution in [0.2, 0.25) is 0 Å². The third kappa shape index (κ3) is 2.50. The molecule has 0 fully saturated rings. The van der Waals surface area contributed by atoms with Gasteiger partial charge >= 0.3 is 0 Å². The fourth-order valence-electron chi connectivity index (χ4n) is 2.69. The van der Waals surface area contributed by atoms with Gasteiger partial charge < -0.3 is 4.42 Å². The molecule has 0 saturated heterocycles. The molecule has 0 aliphatic heterocycles. The van der Waals surface area contributed by atoms with Gasteiger partial charge in [0.2, 0.25) is 0 Å². The number of hydrogen-bond donors (Lipinski definition) is 0. The Morgan fingerprint density at radius 1 is 1.00 bits per heavy atom. The van der Waals surface area contributed by atoms with Gasteiger partial charge in [-0.25, -0.2) is 9.37 Å². The average Bonchev–Trinajstić information content (AvgIpc) is 3.11. The minimum Gasteiger partial charge on any atom is -0.467 e. The third-order valence-corrected chi connectivity index (χ3v) is 3.86. The van der Waals surface area contributed by atoms with E-state index in [0.717, 1.165) is 0 Å². The van der Waals surface area contributed by atoms with E-state index in [0.29, 0.717) is 28.1 Å². The monoisotopic (exact) mass is 320 g/mol. The van der Waals surface area contributed by atoms with Crippen LogP contribution in [0.25, 0.3) is 22.3 Å². The third-order valence-electron chi connectivity index (χ3n) is 3.86. The first kappa shape index (κ1) is 14.4. The molecule has 0 saturated carbocycles. The van der Waals surface area contributed by atoms with Crippen molar-refractivity contribution in [3.05, 3.63) is 88.9 Å². The van der Waals surface area contributed by atoms with Crippen LogP contribution in [0.5, 0.6) is 0 Å². The summed E-state index contributed by atoms with van der Waals surface area (Å²) in [5.41, 5.74) is 1.12. The Labute approximate surface area is 136 Å². The summed E-state index contributed by atoms with van der Waals surface area (Å²) >= 11 is 0. The highest BCUT2D eigenvalue weighted by Crippen LogP contribution is 2.20. The fraction of sp³-hybridized carbons (Fsp3) is 0.0526. The second-order valence-electron chi connectivity index (χ2n) is 5.43. The zero-order valence-electron chi connectivity index (χ0n) is 12.6. The standard InChI is InChI=1S/C19H13FN2O2/c20-14-9-7-13(8-10-14)18-21-17-6-2-1-5-16(17)19(23)22(18)12-15-4-3-11-24-15/h1-11H,12H2. The highest BCUT2D eigenvalue weighted by Gasteiger charge is 2.14. The maximum absolute atomic E-state index is 13.2. The molecule has 4 nitrogen and oxygen atoms in total. The van der Waals surface area contributed by atoms with E-state index < -0.39 is 0 Å². The molecule has 4 aromatic rings. The lowest BCUT2D eigenvalue weighted by Crippen LogP contribution is -2.24. The number of nitrogens with zero attached hydrogens (tertiary/aromatic N) is 2. The van der Waals surface area contributed by atoms with Crippen LogP contribution in [0.15, 0.2) is 76.1 Å². The first-order chi connectivity index (χ1) is 11.7. The van der Waals surface area contributed by atoms with Crippen molar-refractivity contribution in [2.45, 2.75) is 6.54 Å². The molecule has 0 unspecified atom stereocenters. The molecule has 2 aromatic heterocycles. The number of halogens is 1. The molecule has 0 aliphatic rings. The number of benzene rings is 2. The molecular formula is C19H13FN2O2.